The quantitative estimate of drug-likeness (QED) is 0.857. The van der Waals surface area contributed by atoms with Gasteiger partial charge in [-0.1, -0.05) is 19.3 Å². The van der Waals surface area contributed by atoms with Gasteiger partial charge in [0.2, 0.25) is 5.91 Å². The van der Waals surface area contributed by atoms with Crippen molar-refractivity contribution in [1.29, 1.82) is 0 Å². The number of hydrogen-bond acceptors (Lipinski definition) is 3. The molecule has 0 spiro atoms. The van der Waals surface area contributed by atoms with Gasteiger partial charge in [-0.2, -0.15) is 0 Å². The van der Waals surface area contributed by atoms with Crippen molar-refractivity contribution in [2.75, 3.05) is 19.6 Å². The van der Waals surface area contributed by atoms with Crippen LogP contribution >= 0.6 is 0 Å². The standard InChI is InChI=1S/C16H31N3O/c1-13(2)19(15-8-4-3-5-9-15)16(20)12-18-10-6-7-14(17)11-18/h13-15H,3-12,17H2,1-2H3/t14-/m1/s1. The van der Waals surface area contributed by atoms with E-state index in [1.807, 2.05) is 0 Å². The van der Waals surface area contributed by atoms with Gasteiger partial charge in [-0.05, 0) is 46.1 Å². The van der Waals surface area contributed by atoms with E-state index < -0.39 is 0 Å². The minimum Gasteiger partial charge on any atom is -0.336 e. The molecule has 1 aliphatic heterocycles. The molecule has 1 atom stereocenters. The van der Waals surface area contributed by atoms with Gasteiger partial charge in [0.05, 0.1) is 6.54 Å². The molecule has 4 nitrogen and oxygen atoms in total. The van der Waals surface area contributed by atoms with Gasteiger partial charge in [0.25, 0.3) is 0 Å². The third-order valence-electron chi connectivity index (χ3n) is 4.71. The average Bonchev–Trinajstić information content (AvgIpc) is 2.39. The van der Waals surface area contributed by atoms with E-state index in [2.05, 4.69) is 23.6 Å². The Balaban J connectivity index is 1.92. The molecule has 1 amide bonds. The molecule has 0 radical (unpaired) electrons. The van der Waals surface area contributed by atoms with Gasteiger partial charge in [0.15, 0.2) is 0 Å². The molecule has 0 aromatic heterocycles. The highest BCUT2D eigenvalue weighted by molar-refractivity contribution is 5.79. The summed E-state index contributed by atoms with van der Waals surface area (Å²) in [5.41, 5.74) is 6.01. The van der Waals surface area contributed by atoms with Crippen LogP contribution in [0.1, 0.15) is 58.8 Å². The van der Waals surface area contributed by atoms with Crippen molar-refractivity contribution in [2.45, 2.75) is 76.9 Å². The molecule has 2 rings (SSSR count). The summed E-state index contributed by atoms with van der Waals surface area (Å²) >= 11 is 0. The van der Waals surface area contributed by atoms with Gasteiger partial charge in [-0.15, -0.1) is 0 Å². The molecule has 116 valence electrons. The summed E-state index contributed by atoms with van der Waals surface area (Å²) in [4.78, 5) is 17.1. The summed E-state index contributed by atoms with van der Waals surface area (Å²) in [7, 11) is 0. The first-order valence-electron chi connectivity index (χ1n) is 8.37. The number of likely N-dealkylation sites (tertiary alicyclic amines) is 1. The zero-order valence-electron chi connectivity index (χ0n) is 13.2. The predicted octanol–water partition coefficient (Wildman–Crippen LogP) is 1.98. The molecule has 1 aliphatic carbocycles. The van der Waals surface area contributed by atoms with Crippen molar-refractivity contribution in [2.24, 2.45) is 5.73 Å². The maximum Gasteiger partial charge on any atom is 0.237 e. The molecule has 2 N–H and O–H groups in total. The van der Waals surface area contributed by atoms with Crippen molar-refractivity contribution >= 4 is 5.91 Å². The van der Waals surface area contributed by atoms with Crippen LogP contribution in [-0.4, -0.2) is 53.5 Å². The fourth-order valence-corrected chi connectivity index (χ4v) is 3.78. The van der Waals surface area contributed by atoms with E-state index in [-0.39, 0.29) is 6.04 Å². The minimum absolute atomic E-state index is 0.249. The average molecular weight is 281 g/mol. The van der Waals surface area contributed by atoms with Gasteiger partial charge >= 0.3 is 0 Å². The Morgan fingerprint density at radius 2 is 1.90 bits per heavy atom. The molecule has 2 aliphatic rings. The second-order valence-electron chi connectivity index (χ2n) is 6.82. The van der Waals surface area contributed by atoms with Gasteiger partial charge in [0.1, 0.15) is 0 Å². The lowest BCUT2D eigenvalue weighted by Gasteiger charge is -2.39. The first kappa shape index (κ1) is 15.8. The largest absolute Gasteiger partial charge is 0.336 e. The topological polar surface area (TPSA) is 49.6 Å². The van der Waals surface area contributed by atoms with Crippen LogP contribution in [0, 0.1) is 0 Å². The zero-order chi connectivity index (χ0) is 14.5. The molecule has 4 heteroatoms. The van der Waals surface area contributed by atoms with Crippen molar-refractivity contribution in [3.8, 4) is 0 Å². The lowest BCUT2D eigenvalue weighted by molar-refractivity contribution is -0.137. The van der Waals surface area contributed by atoms with Crippen molar-refractivity contribution in [3.63, 3.8) is 0 Å². The molecule has 2 fully saturated rings. The van der Waals surface area contributed by atoms with Gasteiger partial charge in [-0.3, -0.25) is 9.69 Å². The Morgan fingerprint density at radius 1 is 1.20 bits per heavy atom. The third-order valence-corrected chi connectivity index (χ3v) is 4.71. The van der Waals surface area contributed by atoms with Crippen LogP contribution in [0.2, 0.25) is 0 Å². The van der Waals surface area contributed by atoms with E-state index >= 15 is 0 Å². The molecule has 1 heterocycles. The first-order chi connectivity index (χ1) is 9.58. The Morgan fingerprint density at radius 3 is 2.50 bits per heavy atom. The summed E-state index contributed by atoms with van der Waals surface area (Å²) in [6.45, 7) is 6.75. The van der Waals surface area contributed by atoms with Crippen molar-refractivity contribution < 1.29 is 4.79 Å². The third kappa shape index (κ3) is 4.19. The zero-order valence-corrected chi connectivity index (χ0v) is 13.2. The minimum atomic E-state index is 0.249. The summed E-state index contributed by atoms with van der Waals surface area (Å²) in [6, 6.07) is 1.03. The van der Waals surface area contributed by atoms with E-state index in [1.54, 1.807) is 0 Å². The highest BCUT2D eigenvalue weighted by Crippen LogP contribution is 2.24. The number of rotatable bonds is 4. The fourth-order valence-electron chi connectivity index (χ4n) is 3.78. The summed E-state index contributed by atoms with van der Waals surface area (Å²) in [5, 5.41) is 0. The highest BCUT2D eigenvalue weighted by Gasteiger charge is 2.29. The number of nitrogens with two attached hydrogens (primary N) is 1. The lowest BCUT2D eigenvalue weighted by atomic mass is 9.93. The monoisotopic (exact) mass is 281 g/mol. The SMILES string of the molecule is CC(C)N(C(=O)CN1CCC[C@@H](N)C1)C1CCCCC1. The molecule has 1 saturated carbocycles. The van der Waals surface area contributed by atoms with E-state index in [0.717, 1.165) is 25.9 Å². The second-order valence-corrected chi connectivity index (χ2v) is 6.82. The first-order valence-corrected chi connectivity index (χ1v) is 8.37. The van der Waals surface area contributed by atoms with Crippen LogP contribution in [0.3, 0.4) is 0 Å². The molecule has 1 saturated heterocycles. The summed E-state index contributed by atoms with van der Waals surface area (Å²) in [6.07, 6.45) is 8.47. The Bertz CT molecular complexity index is 313. The Kier molecular flexibility index (Phi) is 5.85. The van der Waals surface area contributed by atoms with E-state index in [1.165, 1.54) is 32.1 Å². The maximum atomic E-state index is 12.7. The normalized spacial score (nSPS) is 25.9. The molecule has 20 heavy (non-hydrogen) atoms. The smallest absolute Gasteiger partial charge is 0.237 e. The predicted molar refractivity (Wildman–Crippen MR) is 82.5 cm³/mol. The molecule has 0 aromatic rings. The van der Waals surface area contributed by atoms with Crippen LogP contribution in [0.5, 0.6) is 0 Å². The highest BCUT2D eigenvalue weighted by atomic mass is 16.2. The van der Waals surface area contributed by atoms with E-state index in [0.29, 0.717) is 24.5 Å². The van der Waals surface area contributed by atoms with Crippen LogP contribution in [-0.2, 0) is 4.79 Å². The number of piperidine rings is 1. The molecule has 0 aromatic carbocycles. The van der Waals surface area contributed by atoms with E-state index in [4.69, 9.17) is 5.73 Å². The number of amides is 1. The molecule has 0 unspecified atom stereocenters. The van der Waals surface area contributed by atoms with Gasteiger partial charge < -0.3 is 10.6 Å². The van der Waals surface area contributed by atoms with Crippen molar-refractivity contribution in [3.05, 3.63) is 0 Å². The lowest BCUT2D eigenvalue weighted by Crippen LogP contribution is -2.52. The number of hydrogen-bond donors (Lipinski definition) is 1. The summed E-state index contributed by atoms with van der Waals surface area (Å²) < 4.78 is 0. The maximum absolute atomic E-state index is 12.7. The van der Waals surface area contributed by atoms with Gasteiger partial charge in [-0.25, -0.2) is 0 Å². The molecular formula is C16H31N3O. The second kappa shape index (κ2) is 7.41. The number of carbonyl (C=O) groups is 1. The van der Waals surface area contributed by atoms with Crippen LogP contribution in [0.25, 0.3) is 0 Å². The Labute approximate surface area is 123 Å². The van der Waals surface area contributed by atoms with Crippen LogP contribution in [0.15, 0.2) is 0 Å². The van der Waals surface area contributed by atoms with E-state index in [9.17, 15) is 4.79 Å². The van der Waals surface area contributed by atoms with Crippen LogP contribution in [0.4, 0.5) is 0 Å². The number of nitrogens with zero attached hydrogens (tertiary/aromatic N) is 2. The Hall–Kier alpha value is -0.610. The van der Waals surface area contributed by atoms with Crippen LogP contribution < -0.4 is 5.73 Å². The molecular weight excluding hydrogens is 250 g/mol. The van der Waals surface area contributed by atoms with Crippen molar-refractivity contribution in [1.82, 2.24) is 9.80 Å². The number of carbonyl (C=O) groups excluding carboxylic acids is 1. The fraction of sp³-hybridized carbons (Fsp3) is 0.938. The molecule has 0 bridgehead atoms. The summed E-state index contributed by atoms with van der Waals surface area (Å²) in [5.74, 6) is 0.306. The van der Waals surface area contributed by atoms with Gasteiger partial charge in [0, 0.05) is 24.7 Å².